The van der Waals surface area contributed by atoms with Crippen LogP contribution in [0.25, 0.3) is 0 Å². The number of rotatable bonds is 3. The number of aliphatic hydroxyl groups is 1. The van der Waals surface area contributed by atoms with Gasteiger partial charge in [0.2, 0.25) is 0 Å². The minimum Gasteiger partial charge on any atom is -0.388 e. The average molecular weight is 277 g/mol. The maximum atomic E-state index is 10.8. The van der Waals surface area contributed by atoms with E-state index in [0.29, 0.717) is 19.8 Å². The zero-order valence-corrected chi connectivity index (χ0v) is 12.9. The molecule has 0 amide bonds. The van der Waals surface area contributed by atoms with Crippen LogP contribution in [0, 0.1) is 5.41 Å². The molecular weight excluding hydrogens is 250 g/mol. The zero-order chi connectivity index (χ0) is 14.8. The number of hydrogen-bond acceptors (Lipinski definition) is 3. The van der Waals surface area contributed by atoms with Gasteiger partial charge in [-0.2, -0.15) is 0 Å². The number of nitrogens with two attached hydrogens (primary N) is 1. The van der Waals surface area contributed by atoms with Gasteiger partial charge >= 0.3 is 0 Å². The Kier molecular flexibility index (Phi) is 4.52. The summed E-state index contributed by atoms with van der Waals surface area (Å²) in [6.45, 7) is 8.45. The largest absolute Gasteiger partial charge is 0.388 e. The van der Waals surface area contributed by atoms with Crippen LogP contribution in [-0.2, 0) is 10.2 Å². The van der Waals surface area contributed by atoms with Crippen molar-refractivity contribution in [3.05, 3.63) is 35.4 Å². The van der Waals surface area contributed by atoms with Crippen LogP contribution in [-0.4, -0.2) is 24.9 Å². The van der Waals surface area contributed by atoms with Gasteiger partial charge in [-0.1, -0.05) is 45.0 Å². The van der Waals surface area contributed by atoms with Crippen molar-refractivity contribution in [1.82, 2.24) is 0 Å². The predicted molar refractivity (Wildman–Crippen MR) is 81.6 cm³/mol. The van der Waals surface area contributed by atoms with E-state index in [9.17, 15) is 5.11 Å². The van der Waals surface area contributed by atoms with Gasteiger partial charge in [0.05, 0.1) is 6.10 Å². The summed E-state index contributed by atoms with van der Waals surface area (Å²) in [4.78, 5) is 0. The molecule has 2 rings (SSSR count). The highest BCUT2D eigenvalue weighted by atomic mass is 16.5. The summed E-state index contributed by atoms with van der Waals surface area (Å²) in [5.41, 5.74) is 8.10. The Morgan fingerprint density at radius 2 is 1.75 bits per heavy atom. The standard InChI is InChI=1S/C17H27NO2/c1-16(2,3)14-6-4-13(5-7-14)15(19)17(12-18)8-10-20-11-9-17/h4-7,15,19H,8-12,18H2,1-3H3. The minimum absolute atomic E-state index is 0.133. The molecule has 0 aliphatic carbocycles. The van der Waals surface area contributed by atoms with Crippen LogP contribution in [0.15, 0.2) is 24.3 Å². The van der Waals surface area contributed by atoms with E-state index >= 15 is 0 Å². The maximum Gasteiger partial charge on any atom is 0.0860 e. The third kappa shape index (κ3) is 3.05. The normalized spacial score (nSPS) is 20.6. The van der Waals surface area contributed by atoms with Gasteiger partial charge in [-0.15, -0.1) is 0 Å². The van der Waals surface area contributed by atoms with Gasteiger partial charge in [0, 0.05) is 25.2 Å². The van der Waals surface area contributed by atoms with E-state index in [1.54, 1.807) is 0 Å². The zero-order valence-electron chi connectivity index (χ0n) is 12.9. The number of aliphatic hydroxyl groups excluding tert-OH is 1. The highest BCUT2D eigenvalue weighted by Gasteiger charge is 2.39. The van der Waals surface area contributed by atoms with Crippen molar-refractivity contribution in [3.63, 3.8) is 0 Å². The third-order valence-electron chi connectivity index (χ3n) is 4.57. The molecule has 1 aromatic carbocycles. The van der Waals surface area contributed by atoms with Crippen molar-refractivity contribution >= 4 is 0 Å². The highest BCUT2D eigenvalue weighted by molar-refractivity contribution is 5.29. The van der Waals surface area contributed by atoms with E-state index in [1.165, 1.54) is 5.56 Å². The summed E-state index contributed by atoms with van der Waals surface area (Å²) >= 11 is 0. The summed E-state index contributed by atoms with van der Waals surface area (Å²) in [6.07, 6.45) is 1.14. The van der Waals surface area contributed by atoms with Crippen LogP contribution in [0.4, 0.5) is 0 Å². The van der Waals surface area contributed by atoms with Gasteiger partial charge in [-0.25, -0.2) is 0 Å². The molecule has 0 aromatic heterocycles. The molecule has 1 atom stereocenters. The molecule has 1 saturated heterocycles. The second kappa shape index (κ2) is 5.84. The minimum atomic E-state index is -0.509. The van der Waals surface area contributed by atoms with Gasteiger partial charge in [0.1, 0.15) is 0 Å². The van der Waals surface area contributed by atoms with Crippen LogP contribution >= 0.6 is 0 Å². The maximum absolute atomic E-state index is 10.8. The lowest BCUT2D eigenvalue weighted by Gasteiger charge is -2.40. The summed E-state index contributed by atoms with van der Waals surface area (Å²) in [5, 5.41) is 10.8. The van der Waals surface area contributed by atoms with Gasteiger partial charge in [0.15, 0.2) is 0 Å². The summed E-state index contributed by atoms with van der Waals surface area (Å²) in [5.74, 6) is 0. The molecule has 1 fully saturated rings. The Balaban J connectivity index is 2.21. The van der Waals surface area contributed by atoms with E-state index < -0.39 is 6.10 Å². The Bertz CT molecular complexity index is 427. The van der Waals surface area contributed by atoms with Crippen LogP contribution in [0.3, 0.4) is 0 Å². The lowest BCUT2D eigenvalue weighted by molar-refractivity contribution is -0.0581. The molecule has 20 heavy (non-hydrogen) atoms. The van der Waals surface area contributed by atoms with Gasteiger partial charge in [-0.3, -0.25) is 0 Å². The predicted octanol–water partition coefficient (Wildman–Crippen LogP) is 2.77. The van der Waals surface area contributed by atoms with Gasteiger partial charge < -0.3 is 15.6 Å². The average Bonchev–Trinajstić information content (AvgIpc) is 2.46. The molecule has 0 bridgehead atoms. The molecule has 1 unspecified atom stereocenters. The first kappa shape index (κ1) is 15.5. The molecule has 0 saturated carbocycles. The molecule has 1 aromatic rings. The highest BCUT2D eigenvalue weighted by Crippen LogP contribution is 2.41. The topological polar surface area (TPSA) is 55.5 Å². The quantitative estimate of drug-likeness (QED) is 0.893. The fourth-order valence-corrected chi connectivity index (χ4v) is 2.89. The third-order valence-corrected chi connectivity index (χ3v) is 4.57. The van der Waals surface area contributed by atoms with Crippen molar-refractivity contribution < 1.29 is 9.84 Å². The molecule has 3 heteroatoms. The van der Waals surface area contributed by atoms with Crippen molar-refractivity contribution in [2.75, 3.05) is 19.8 Å². The molecule has 1 aliphatic rings. The van der Waals surface area contributed by atoms with E-state index in [2.05, 4.69) is 32.9 Å². The Morgan fingerprint density at radius 3 is 2.20 bits per heavy atom. The Hall–Kier alpha value is -0.900. The first-order chi connectivity index (χ1) is 9.39. The Morgan fingerprint density at radius 1 is 1.20 bits per heavy atom. The van der Waals surface area contributed by atoms with Crippen molar-refractivity contribution in [3.8, 4) is 0 Å². The molecule has 112 valence electrons. The van der Waals surface area contributed by atoms with E-state index in [-0.39, 0.29) is 10.8 Å². The van der Waals surface area contributed by atoms with Gasteiger partial charge in [0.25, 0.3) is 0 Å². The van der Waals surface area contributed by atoms with Crippen LogP contribution in [0.2, 0.25) is 0 Å². The fourth-order valence-electron chi connectivity index (χ4n) is 2.89. The molecule has 1 heterocycles. The molecule has 1 aliphatic heterocycles. The lowest BCUT2D eigenvalue weighted by Crippen LogP contribution is -2.41. The van der Waals surface area contributed by atoms with E-state index in [4.69, 9.17) is 10.5 Å². The van der Waals surface area contributed by atoms with Crippen molar-refractivity contribution in [2.45, 2.75) is 45.1 Å². The van der Waals surface area contributed by atoms with Crippen LogP contribution in [0.1, 0.15) is 50.8 Å². The molecular formula is C17H27NO2. The first-order valence-electron chi connectivity index (χ1n) is 7.45. The molecule has 3 N–H and O–H groups in total. The van der Waals surface area contributed by atoms with Crippen molar-refractivity contribution in [2.24, 2.45) is 11.1 Å². The SMILES string of the molecule is CC(C)(C)c1ccc(C(O)C2(CN)CCOCC2)cc1. The van der Waals surface area contributed by atoms with Crippen molar-refractivity contribution in [1.29, 1.82) is 0 Å². The molecule has 0 radical (unpaired) electrons. The number of hydrogen-bond donors (Lipinski definition) is 2. The number of ether oxygens (including phenoxy) is 1. The fraction of sp³-hybridized carbons (Fsp3) is 0.647. The molecule has 0 spiro atoms. The first-order valence-corrected chi connectivity index (χ1v) is 7.45. The van der Waals surface area contributed by atoms with Crippen LogP contribution < -0.4 is 5.73 Å². The monoisotopic (exact) mass is 277 g/mol. The molecule has 3 nitrogen and oxygen atoms in total. The second-order valence-electron chi connectivity index (χ2n) is 6.95. The lowest BCUT2D eigenvalue weighted by atomic mass is 9.72. The Labute approximate surface area is 122 Å². The van der Waals surface area contributed by atoms with Gasteiger partial charge in [-0.05, 0) is 29.4 Å². The smallest absolute Gasteiger partial charge is 0.0860 e. The number of benzene rings is 1. The summed E-state index contributed by atoms with van der Waals surface area (Å²) in [6, 6.07) is 8.31. The summed E-state index contributed by atoms with van der Waals surface area (Å²) < 4.78 is 5.41. The van der Waals surface area contributed by atoms with E-state index in [0.717, 1.165) is 18.4 Å². The summed E-state index contributed by atoms with van der Waals surface area (Å²) in [7, 11) is 0. The van der Waals surface area contributed by atoms with Crippen LogP contribution in [0.5, 0.6) is 0 Å². The second-order valence-corrected chi connectivity index (χ2v) is 6.95. The van der Waals surface area contributed by atoms with E-state index in [1.807, 2.05) is 12.1 Å².